The second-order valence-corrected chi connectivity index (χ2v) is 16.3. The summed E-state index contributed by atoms with van der Waals surface area (Å²) in [6.07, 6.45) is 4.66. The minimum absolute atomic E-state index is 0. The molecule has 220 valence electrons. The number of Topliss-reactive ketones (excluding diaryl/α,β-unsaturated/α-hetero) is 4. The van der Waals surface area contributed by atoms with Gasteiger partial charge in [0.05, 0.1) is 0 Å². The molecule has 8 nitrogen and oxygen atoms in total. The molecule has 0 atom stereocenters. The zero-order valence-electron chi connectivity index (χ0n) is 24.8. The topological polar surface area (TPSA) is 105 Å². The Morgan fingerprint density at radius 2 is 0.676 bits per heavy atom. The summed E-state index contributed by atoms with van der Waals surface area (Å²) in [6, 6.07) is 1.21. The third-order valence-corrected chi connectivity index (χ3v) is 14.3. The molecule has 0 unspecified atom stereocenters. The van der Waals surface area contributed by atoms with Crippen molar-refractivity contribution in [2.45, 2.75) is 116 Å². The van der Waals surface area contributed by atoms with Gasteiger partial charge in [0.1, 0.15) is 34.2 Å². The number of hydrogen-bond acceptors (Lipinski definition) is 8. The Hall–Kier alpha value is -0.358. The summed E-state index contributed by atoms with van der Waals surface area (Å²) in [4.78, 5) is 48.9. The summed E-state index contributed by atoms with van der Waals surface area (Å²) in [5.41, 5.74) is -1.34. The van der Waals surface area contributed by atoms with E-state index in [0.717, 1.165) is 25.7 Å². The molecule has 0 amide bonds. The van der Waals surface area contributed by atoms with Crippen molar-refractivity contribution in [3.05, 3.63) is 0 Å². The first kappa shape index (κ1) is 41.1. The molecule has 0 fully saturated rings. The van der Waals surface area contributed by atoms with Gasteiger partial charge in [-0.3, -0.25) is 19.2 Å². The molecule has 0 spiro atoms. The predicted octanol–water partition coefficient (Wildman–Crippen LogP) is 5.70. The summed E-state index contributed by atoms with van der Waals surface area (Å²) in [5.74, 6) is -0.0809. The molecule has 0 aliphatic rings. The number of ketones is 4. The van der Waals surface area contributed by atoms with Crippen LogP contribution in [0.5, 0.6) is 0 Å². The standard InChI is InChI=1S/2C13H26O4Si.Pt/c2*1-6-9-11(14)13(12(15)10-7-2)18(8-3,16-4)17-5;/h2*13H,6-10H2,1-5H3;/q;;+2. The van der Waals surface area contributed by atoms with Gasteiger partial charge in [0.2, 0.25) is 0 Å². The van der Waals surface area contributed by atoms with E-state index in [-0.39, 0.29) is 44.2 Å². The second-order valence-electron chi connectivity index (χ2n) is 8.88. The van der Waals surface area contributed by atoms with Crippen molar-refractivity contribution in [1.82, 2.24) is 0 Å². The third-order valence-electron chi connectivity index (χ3n) is 6.52. The van der Waals surface area contributed by atoms with Gasteiger partial charge in [-0.1, -0.05) is 41.5 Å². The van der Waals surface area contributed by atoms with Gasteiger partial charge in [0.25, 0.3) is 0 Å². The van der Waals surface area contributed by atoms with Crippen LogP contribution in [0, 0.1) is 0 Å². The van der Waals surface area contributed by atoms with Crippen molar-refractivity contribution in [3.63, 3.8) is 0 Å². The first-order chi connectivity index (χ1) is 17.0. The minimum atomic E-state index is -2.75. The van der Waals surface area contributed by atoms with Crippen LogP contribution >= 0.6 is 0 Å². The molecule has 0 aromatic carbocycles. The molecule has 37 heavy (non-hydrogen) atoms. The van der Waals surface area contributed by atoms with Gasteiger partial charge in [-0.15, -0.1) is 0 Å². The molecule has 11 heteroatoms. The van der Waals surface area contributed by atoms with Gasteiger partial charge >= 0.3 is 38.2 Å². The Morgan fingerprint density at radius 3 is 0.784 bits per heavy atom. The molecule has 0 aromatic heterocycles. The number of carbonyl (C=O) groups excluding carboxylic acids is 4. The van der Waals surface area contributed by atoms with E-state index in [1.807, 2.05) is 41.5 Å². The largest absolute Gasteiger partial charge is 2.00 e. The Balaban J connectivity index is -0.000000608. The van der Waals surface area contributed by atoms with E-state index in [0.29, 0.717) is 37.8 Å². The number of carbonyl (C=O) groups is 4. The van der Waals surface area contributed by atoms with Gasteiger partial charge in [-0.25, -0.2) is 0 Å². The molecule has 0 N–H and O–H groups in total. The maximum atomic E-state index is 12.2. The molecular weight excluding hydrogens is 692 g/mol. The summed E-state index contributed by atoms with van der Waals surface area (Å²) < 4.78 is 22.0. The first-order valence-corrected chi connectivity index (χ1v) is 17.6. The summed E-state index contributed by atoms with van der Waals surface area (Å²) in [6.45, 7) is 11.6. The molecule has 0 heterocycles. The van der Waals surface area contributed by atoms with E-state index in [2.05, 4.69) is 0 Å². The summed E-state index contributed by atoms with van der Waals surface area (Å²) in [7, 11) is 0.692. The van der Waals surface area contributed by atoms with E-state index in [4.69, 9.17) is 17.7 Å². The quantitative estimate of drug-likeness (QED) is 0.116. The van der Waals surface area contributed by atoms with E-state index in [1.54, 1.807) is 28.4 Å². The zero-order chi connectivity index (χ0) is 28.4. The van der Waals surface area contributed by atoms with Gasteiger partial charge in [-0.2, -0.15) is 0 Å². The Labute approximate surface area is 242 Å². The molecule has 0 aromatic rings. The van der Waals surface area contributed by atoms with Crippen LogP contribution in [0.2, 0.25) is 23.2 Å². The van der Waals surface area contributed by atoms with Crippen LogP contribution < -0.4 is 0 Å². The van der Waals surface area contributed by atoms with Crippen LogP contribution in [-0.2, 0) is 57.9 Å². The molecule has 0 saturated heterocycles. The van der Waals surface area contributed by atoms with Gasteiger partial charge in [0.15, 0.2) is 0 Å². The molecular formula is C26H52O8PtSi2+2. The summed E-state index contributed by atoms with van der Waals surface area (Å²) in [5, 5.41) is 0. The average Bonchev–Trinajstić information content (AvgIpc) is 2.86. The van der Waals surface area contributed by atoms with Crippen molar-refractivity contribution in [3.8, 4) is 0 Å². The normalized spacial score (nSPS) is 11.6. The predicted molar refractivity (Wildman–Crippen MR) is 148 cm³/mol. The smallest absolute Gasteiger partial charge is 0.397 e. The average molecular weight is 744 g/mol. The van der Waals surface area contributed by atoms with Crippen LogP contribution in [0.3, 0.4) is 0 Å². The van der Waals surface area contributed by atoms with E-state index < -0.39 is 28.2 Å². The fourth-order valence-electron chi connectivity index (χ4n) is 4.53. The van der Waals surface area contributed by atoms with Crippen LogP contribution in [0.4, 0.5) is 0 Å². The number of rotatable bonds is 20. The first-order valence-electron chi connectivity index (χ1n) is 13.4. The van der Waals surface area contributed by atoms with Crippen LogP contribution in [0.15, 0.2) is 0 Å². The maximum absolute atomic E-state index is 12.2. The summed E-state index contributed by atoms with van der Waals surface area (Å²) >= 11 is 0. The van der Waals surface area contributed by atoms with Crippen molar-refractivity contribution < 1.29 is 57.9 Å². The van der Waals surface area contributed by atoms with Crippen molar-refractivity contribution in [2.24, 2.45) is 0 Å². The zero-order valence-corrected chi connectivity index (χ0v) is 29.1. The minimum Gasteiger partial charge on any atom is -0.397 e. The van der Waals surface area contributed by atoms with Crippen LogP contribution in [-0.4, -0.2) is 68.7 Å². The van der Waals surface area contributed by atoms with E-state index in [9.17, 15) is 19.2 Å². The van der Waals surface area contributed by atoms with Crippen molar-refractivity contribution in [2.75, 3.05) is 28.4 Å². The molecule has 0 saturated carbocycles. The Morgan fingerprint density at radius 1 is 0.486 bits per heavy atom. The van der Waals surface area contributed by atoms with E-state index in [1.165, 1.54) is 0 Å². The molecule has 0 radical (unpaired) electrons. The maximum Gasteiger partial charge on any atom is 2.00 e. The van der Waals surface area contributed by atoms with Gasteiger partial charge in [-0.05, 0) is 37.8 Å². The van der Waals surface area contributed by atoms with E-state index >= 15 is 0 Å². The van der Waals surface area contributed by atoms with Crippen molar-refractivity contribution >= 4 is 40.3 Å². The molecule has 0 aliphatic heterocycles. The number of hydrogen-bond donors (Lipinski definition) is 0. The SMILES string of the molecule is CCCC(=O)C(C(=O)CCC)[Si](CC)(OC)OC.CCCC(=O)C(C(=O)CCC)[Si](CC)(OC)OC.[Pt+2]. The van der Waals surface area contributed by atoms with Crippen LogP contribution in [0.25, 0.3) is 0 Å². The fourth-order valence-corrected chi connectivity index (χ4v) is 10.3. The Bertz CT molecular complexity index is 558. The fraction of sp³-hybridized carbons (Fsp3) is 0.846. The van der Waals surface area contributed by atoms with Crippen LogP contribution in [0.1, 0.15) is 92.9 Å². The van der Waals surface area contributed by atoms with Gasteiger partial charge in [0, 0.05) is 54.1 Å². The molecule has 0 rings (SSSR count). The third kappa shape index (κ3) is 12.1. The second kappa shape index (κ2) is 22.5. The monoisotopic (exact) mass is 743 g/mol. The van der Waals surface area contributed by atoms with Gasteiger partial charge < -0.3 is 17.7 Å². The molecule has 0 aliphatic carbocycles. The Kier molecular flexibility index (Phi) is 25.0. The van der Waals surface area contributed by atoms with Crippen molar-refractivity contribution in [1.29, 1.82) is 0 Å². The molecule has 0 bridgehead atoms.